The fourth-order valence-electron chi connectivity index (χ4n) is 2.12. The number of hydrogen-bond acceptors (Lipinski definition) is 1. The Bertz CT molecular complexity index is 308. The van der Waals surface area contributed by atoms with Gasteiger partial charge in [-0.3, -0.25) is 0 Å². The first kappa shape index (κ1) is 10.2. The summed E-state index contributed by atoms with van der Waals surface area (Å²) in [5, 5.41) is 4.47. The topological polar surface area (TPSA) is 0 Å². The maximum absolute atomic E-state index is 3.71. The van der Waals surface area contributed by atoms with Crippen LogP contribution in [-0.4, -0.2) is 4.83 Å². The normalized spacial score (nSPS) is 33.9. The van der Waals surface area contributed by atoms with E-state index in [1.807, 2.05) is 0 Å². The first-order chi connectivity index (χ1) is 6.12. The van der Waals surface area contributed by atoms with Crippen molar-refractivity contribution in [1.82, 2.24) is 0 Å². The molecule has 3 heteroatoms. The first-order valence-corrected chi connectivity index (χ1v) is 7.13. The minimum atomic E-state index is 0.396. The van der Waals surface area contributed by atoms with E-state index in [1.54, 1.807) is 11.3 Å². The second-order valence-corrected chi connectivity index (χ2v) is 6.93. The van der Waals surface area contributed by atoms with Gasteiger partial charge in [-0.25, -0.2) is 0 Å². The van der Waals surface area contributed by atoms with Crippen molar-refractivity contribution in [1.29, 1.82) is 0 Å². The zero-order valence-electron chi connectivity index (χ0n) is 7.52. The van der Waals surface area contributed by atoms with E-state index in [0.717, 1.165) is 0 Å². The van der Waals surface area contributed by atoms with E-state index >= 15 is 0 Å². The lowest BCUT2D eigenvalue weighted by Crippen LogP contribution is -2.17. The summed E-state index contributed by atoms with van der Waals surface area (Å²) in [6.45, 7) is 2.38. The van der Waals surface area contributed by atoms with Crippen LogP contribution in [-0.2, 0) is 5.41 Å². The predicted octanol–water partition coefficient (Wildman–Crippen LogP) is 4.72. The number of hydrogen-bond donors (Lipinski definition) is 0. The van der Waals surface area contributed by atoms with Crippen molar-refractivity contribution >= 4 is 43.2 Å². The van der Waals surface area contributed by atoms with Crippen LogP contribution in [0, 0.1) is 0 Å². The van der Waals surface area contributed by atoms with Crippen LogP contribution in [0.3, 0.4) is 0 Å². The van der Waals surface area contributed by atoms with Crippen LogP contribution in [0.25, 0.3) is 0 Å². The predicted molar refractivity (Wildman–Crippen MR) is 65.9 cm³/mol. The molecule has 72 valence electrons. The summed E-state index contributed by atoms with van der Waals surface area (Å²) < 4.78 is 1.29. The quantitative estimate of drug-likeness (QED) is 0.656. The molecule has 1 fully saturated rings. The summed E-state index contributed by atoms with van der Waals surface area (Å²) in [5.74, 6) is 0. The van der Waals surface area contributed by atoms with Gasteiger partial charge in [0, 0.05) is 14.7 Å². The Hall–Kier alpha value is 0.660. The Kier molecular flexibility index (Phi) is 2.87. The molecule has 0 radical (unpaired) electrons. The molecular formula is C10H12Br2S. The molecule has 2 unspecified atom stereocenters. The minimum Gasteiger partial charge on any atom is -0.151 e. The highest BCUT2D eigenvalue weighted by atomic mass is 79.9. The standard InChI is InChI=1S/C10H12Br2S/c1-10(3-2-7(11)4-10)8-5-13-6-9(8)12/h5-7H,2-4H2,1H3. The van der Waals surface area contributed by atoms with Gasteiger partial charge in [0.25, 0.3) is 0 Å². The monoisotopic (exact) mass is 322 g/mol. The summed E-state index contributed by atoms with van der Waals surface area (Å²) in [6, 6.07) is 0. The van der Waals surface area contributed by atoms with Gasteiger partial charge in [-0.1, -0.05) is 22.9 Å². The van der Waals surface area contributed by atoms with Gasteiger partial charge in [0.15, 0.2) is 0 Å². The largest absolute Gasteiger partial charge is 0.151 e. The summed E-state index contributed by atoms with van der Waals surface area (Å²) >= 11 is 9.13. The highest BCUT2D eigenvalue weighted by molar-refractivity contribution is 9.10. The number of halogens is 2. The lowest BCUT2D eigenvalue weighted by Gasteiger charge is -2.23. The molecular weight excluding hydrogens is 312 g/mol. The molecule has 2 rings (SSSR count). The van der Waals surface area contributed by atoms with E-state index in [1.165, 1.54) is 29.3 Å². The SMILES string of the molecule is CC1(c2cscc2Br)CCC(Br)C1. The Morgan fingerprint density at radius 1 is 1.54 bits per heavy atom. The van der Waals surface area contributed by atoms with Gasteiger partial charge >= 0.3 is 0 Å². The highest BCUT2D eigenvalue weighted by Crippen LogP contribution is 2.46. The molecule has 1 aliphatic carbocycles. The average Bonchev–Trinajstić information content (AvgIpc) is 2.59. The Labute approximate surface area is 100.0 Å². The smallest absolute Gasteiger partial charge is 0.0319 e. The van der Waals surface area contributed by atoms with Crippen LogP contribution < -0.4 is 0 Å². The van der Waals surface area contributed by atoms with Gasteiger partial charge in [0.05, 0.1) is 0 Å². The molecule has 1 saturated carbocycles. The second-order valence-electron chi connectivity index (χ2n) is 4.03. The van der Waals surface area contributed by atoms with Crippen LogP contribution in [0.1, 0.15) is 31.7 Å². The molecule has 0 N–H and O–H groups in total. The van der Waals surface area contributed by atoms with Crippen molar-refractivity contribution in [2.75, 3.05) is 0 Å². The lowest BCUT2D eigenvalue weighted by molar-refractivity contribution is 0.493. The van der Waals surface area contributed by atoms with Crippen molar-refractivity contribution in [2.24, 2.45) is 0 Å². The zero-order valence-corrected chi connectivity index (χ0v) is 11.5. The molecule has 13 heavy (non-hydrogen) atoms. The zero-order chi connectivity index (χ0) is 9.47. The molecule has 0 bridgehead atoms. The van der Waals surface area contributed by atoms with Gasteiger partial charge in [0.2, 0.25) is 0 Å². The van der Waals surface area contributed by atoms with Crippen LogP contribution in [0.4, 0.5) is 0 Å². The van der Waals surface area contributed by atoms with Gasteiger partial charge in [-0.05, 0) is 51.6 Å². The van der Waals surface area contributed by atoms with Gasteiger partial charge in [0.1, 0.15) is 0 Å². The molecule has 2 atom stereocenters. The second kappa shape index (κ2) is 3.67. The highest BCUT2D eigenvalue weighted by Gasteiger charge is 2.36. The third-order valence-corrected chi connectivity index (χ3v) is 5.43. The summed E-state index contributed by atoms with van der Waals surface area (Å²) in [5.41, 5.74) is 1.90. The van der Waals surface area contributed by atoms with Gasteiger partial charge in [-0.2, -0.15) is 11.3 Å². The molecule has 0 aliphatic heterocycles. The summed E-state index contributed by atoms with van der Waals surface area (Å²) in [7, 11) is 0. The molecule has 1 aromatic rings. The van der Waals surface area contributed by atoms with Gasteiger partial charge < -0.3 is 0 Å². The van der Waals surface area contributed by atoms with Crippen LogP contribution in [0.15, 0.2) is 15.2 Å². The van der Waals surface area contributed by atoms with Gasteiger partial charge in [-0.15, -0.1) is 0 Å². The number of alkyl halides is 1. The van der Waals surface area contributed by atoms with Crippen molar-refractivity contribution in [3.05, 3.63) is 20.8 Å². The average molecular weight is 324 g/mol. The molecule has 0 amide bonds. The van der Waals surface area contributed by atoms with Crippen molar-refractivity contribution < 1.29 is 0 Å². The van der Waals surface area contributed by atoms with Crippen LogP contribution in [0.5, 0.6) is 0 Å². The van der Waals surface area contributed by atoms with E-state index in [2.05, 4.69) is 49.5 Å². The van der Waals surface area contributed by atoms with E-state index in [4.69, 9.17) is 0 Å². The molecule has 0 spiro atoms. The Morgan fingerprint density at radius 2 is 2.31 bits per heavy atom. The lowest BCUT2D eigenvalue weighted by atomic mass is 9.83. The fourth-order valence-corrected chi connectivity index (χ4v) is 5.00. The van der Waals surface area contributed by atoms with Crippen LogP contribution in [0.2, 0.25) is 0 Å². The third-order valence-electron chi connectivity index (χ3n) is 2.95. The van der Waals surface area contributed by atoms with Crippen LogP contribution >= 0.6 is 43.2 Å². The van der Waals surface area contributed by atoms with Crippen molar-refractivity contribution in [2.45, 2.75) is 36.4 Å². The maximum atomic E-state index is 3.71. The molecule has 1 aliphatic rings. The summed E-state index contributed by atoms with van der Waals surface area (Å²) in [6.07, 6.45) is 3.87. The number of rotatable bonds is 1. The summed E-state index contributed by atoms with van der Waals surface area (Å²) in [4.78, 5) is 0.712. The molecule has 0 saturated heterocycles. The molecule has 1 aromatic heterocycles. The van der Waals surface area contributed by atoms with Crippen molar-refractivity contribution in [3.8, 4) is 0 Å². The molecule has 0 nitrogen and oxygen atoms in total. The van der Waals surface area contributed by atoms with E-state index in [9.17, 15) is 0 Å². The Balaban J connectivity index is 2.30. The third kappa shape index (κ3) is 1.88. The number of thiophene rings is 1. The Morgan fingerprint density at radius 3 is 2.77 bits per heavy atom. The molecule has 0 aromatic carbocycles. The van der Waals surface area contributed by atoms with E-state index in [-0.39, 0.29) is 0 Å². The minimum absolute atomic E-state index is 0.396. The molecule has 1 heterocycles. The first-order valence-electron chi connectivity index (χ1n) is 4.48. The van der Waals surface area contributed by atoms with E-state index in [0.29, 0.717) is 10.2 Å². The maximum Gasteiger partial charge on any atom is 0.0319 e. The van der Waals surface area contributed by atoms with E-state index < -0.39 is 0 Å². The van der Waals surface area contributed by atoms with Crippen molar-refractivity contribution in [3.63, 3.8) is 0 Å². The fraction of sp³-hybridized carbons (Fsp3) is 0.600.